The maximum atomic E-state index is 11.3. The third kappa shape index (κ3) is 2.04. The van der Waals surface area contributed by atoms with Crippen molar-refractivity contribution in [3.8, 4) is 0 Å². The number of hydrogen-bond donors (Lipinski definition) is 2. The molecule has 0 spiro atoms. The first-order valence-electron chi connectivity index (χ1n) is 4.70. The highest BCUT2D eigenvalue weighted by molar-refractivity contribution is 5.93. The van der Waals surface area contributed by atoms with Crippen LogP contribution in [0.15, 0.2) is 0 Å². The zero-order valence-electron chi connectivity index (χ0n) is 8.46. The van der Waals surface area contributed by atoms with Crippen molar-refractivity contribution in [1.82, 2.24) is 10.2 Å². The van der Waals surface area contributed by atoms with Crippen LogP contribution >= 0.6 is 0 Å². The van der Waals surface area contributed by atoms with Gasteiger partial charge >= 0.3 is 5.97 Å². The molecule has 0 saturated heterocycles. The molecule has 1 rings (SSSR count). The summed E-state index contributed by atoms with van der Waals surface area (Å²) in [7, 11) is 0. The zero-order valence-corrected chi connectivity index (χ0v) is 8.46. The average Bonchev–Trinajstić information content (AvgIpc) is 2.49. The molecule has 14 heavy (non-hydrogen) atoms. The van der Waals surface area contributed by atoms with Crippen LogP contribution in [0.3, 0.4) is 0 Å². The summed E-state index contributed by atoms with van der Waals surface area (Å²) in [6, 6.07) is 0. The molecule has 0 unspecified atom stereocenters. The van der Waals surface area contributed by atoms with Crippen molar-refractivity contribution in [2.24, 2.45) is 0 Å². The molecule has 0 atom stereocenters. The second-order valence-electron chi connectivity index (χ2n) is 2.93. The molecule has 5 nitrogen and oxygen atoms in total. The predicted molar refractivity (Wildman–Crippen MR) is 53.0 cm³/mol. The lowest BCUT2D eigenvalue weighted by molar-refractivity contribution is 0.0520. The van der Waals surface area contributed by atoms with Gasteiger partial charge in [-0.1, -0.05) is 13.3 Å². The molecule has 0 amide bonds. The average molecular weight is 197 g/mol. The highest BCUT2D eigenvalue weighted by atomic mass is 16.5. The molecule has 78 valence electrons. The Morgan fingerprint density at radius 2 is 2.29 bits per heavy atom. The number of H-pyrrole nitrogens is 1. The normalized spacial score (nSPS) is 10.1. The molecule has 0 aliphatic carbocycles. The van der Waals surface area contributed by atoms with Crippen LogP contribution in [0.5, 0.6) is 0 Å². The maximum Gasteiger partial charge on any atom is 0.361 e. The summed E-state index contributed by atoms with van der Waals surface area (Å²) < 4.78 is 4.80. The van der Waals surface area contributed by atoms with Crippen LogP contribution in [-0.4, -0.2) is 22.8 Å². The monoisotopic (exact) mass is 197 g/mol. The van der Waals surface area contributed by atoms with Crippen molar-refractivity contribution in [2.75, 3.05) is 12.3 Å². The number of rotatable bonds is 4. The third-order valence-corrected chi connectivity index (χ3v) is 1.85. The number of carbonyl (C=O) groups excluding carboxylic acids is 1. The van der Waals surface area contributed by atoms with Crippen molar-refractivity contribution in [1.29, 1.82) is 0 Å². The van der Waals surface area contributed by atoms with E-state index in [1.165, 1.54) is 0 Å². The first-order valence-corrected chi connectivity index (χ1v) is 4.70. The molecule has 0 bridgehead atoms. The van der Waals surface area contributed by atoms with E-state index in [0.29, 0.717) is 12.3 Å². The van der Waals surface area contributed by atoms with E-state index in [4.69, 9.17) is 10.5 Å². The molecule has 0 aromatic carbocycles. The van der Waals surface area contributed by atoms with Gasteiger partial charge in [-0.25, -0.2) is 4.79 Å². The number of aromatic amines is 1. The summed E-state index contributed by atoms with van der Waals surface area (Å²) in [5, 5.41) is 6.57. The Labute approximate surface area is 82.6 Å². The van der Waals surface area contributed by atoms with E-state index >= 15 is 0 Å². The van der Waals surface area contributed by atoms with Gasteiger partial charge in [-0.2, -0.15) is 5.10 Å². The van der Waals surface area contributed by atoms with Gasteiger partial charge in [0.15, 0.2) is 5.69 Å². The summed E-state index contributed by atoms with van der Waals surface area (Å²) in [4.78, 5) is 11.3. The highest BCUT2D eigenvalue weighted by Crippen LogP contribution is 2.16. The number of nitrogens with one attached hydrogen (secondary N) is 1. The molecule has 0 aliphatic heterocycles. The number of nitrogens with zero attached hydrogens (tertiary/aromatic N) is 1. The van der Waals surface area contributed by atoms with Gasteiger partial charge < -0.3 is 10.5 Å². The van der Waals surface area contributed by atoms with E-state index in [-0.39, 0.29) is 5.69 Å². The quantitative estimate of drug-likeness (QED) is 0.709. The van der Waals surface area contributed by atoms with Crippen molar-refractivity contribution in [3.05, 3.63) is 11.4 Å². The smallest absolute Gasteiger partial charge is 0.361 e. The Hall–Kier alpha value is -1.52. The molecule has 5 heteroatoms. The summed E-state index contributed by atoms with van der Waals surface area (Å²) in [6.45, 7) is 4.10. The van der Waals surface area contributed by atoms with Crippen LogP contribution in [0.4, 0.5) is 5.69 Å². The molecule has 3 N–H and O–H groups in total. The second-order valence-corrected chi connectivity index (χ2v) is 2.93. The van der Waals surface area contributed by atoms with Crippen LogP contribution in [0.2, 0.25) is 0 Å². The van der Waals surface area contributed by atoms with E-state index in [9.17, 15) is 4.79 Å². The van der Waals surface area contributed by atoms with Gasteiger partial charge in [0.25, 0.3) is 0 Å². The van der Waals surface area contributed by atoms with Crippen LogP contribution in [0.25, 0.3) is 0 Å². The van der Waals surface area contributed by atoms with Gasteiger partial charge in [0, 0.05) is 0 Å². The fourth-order valence-corrected chi connectivity index (χ4v) is 1.18. The van der Waals surface area contributed by atoms with Crippen LogP contribution < -0.4 is 5.73 Å². The Morgan fingerprint density at radius 1 is 1.57 bits per heavy atom. The minimum atomic E-state index is -0.469. The minimum Gasteiger partial charge on any atom is -0.461 e. The molecule has 0 saturated carbocycles. The number of nitrogen functional groups attached to an aromatic ring is 1. The number of ether oxygens (including phenoxy) is 1. The van der Waals surface area contributed by atoms with Gasteiger partial charge in [0.2, 0.25) is 0 Å². The molecule has 0 aliphatic rings. The molecule has 1 aromatic rings. The Kier molecular flexibility index (Phi) is 3.50. The Morgan fingerprint density at radius 3 is 2.86 bits per heavy atom. The molecule has 1 heterocycles. The van der Waals surface area contributed by atoms with Gasteiger partial charge in [-0.3, -0.25) is 5.10 Å². The van der Waals surface area contributed by atoms with Gasteiger partial charge in [0.1, 0.15) is 0 Å². The topological polar surface area (TPSA) is 81.0 Å². The standard InChI is InChI=1S/C9H15N3O2/c1-3-5-6-7(10)8(12-11-6)9(13)14-4-2/h3-5,10H2,1-2H3,(H,11,12). The second kappa shape index (κ2) is 4.64. The third-order valence-electron chi connectivity index (χ3n) is 1.85. The maximum absolute atomic E-state index is 11.3. The fourth-order valence-electron chi connectivity index (χ4n) is 1.18. The molecule has 0 fully saturated rings. The summed E-state index contributed by atoms with van der Waals surface area (Å²) >= 11 is 0. The van der Waals surface area contributed by atoms with E-state index in [1.807, 2.05) is 6.92 Å². The van der Waals surface area contributed by atoms with Crippen LogP contribution in [0.1, 0.15) is 36.5 Å². The zero-order chi connectivity index (χ0) is 10.6. The first kappa shape index (κ1) is 10.6. The van der Waals surface area contributed by atoms with Crippen molar-refractivity contribution in [2.45, 2.75) is 26.7 Å². The number of aromatic nitrogens is 2. The predicted octanol–water partition coefficient (Wildman–Crippen LogP) is 1.12. The van der Waals surface area contributed by atoms with E-state index in [0.717, 1.165) is 18.5 Å². The summed E-state index contributed by atoms with van der Waals surface area (Å²) in [5.74, 6) is -0.469. The Balaban J connectivity index is 2.83. The van der Waals surface area contributed by atoms with E-state index in [2.05, 4.69) is 10.2 Å². The molecule has 1 aromatic heterocycles. The van der Waals surface area contributed by atoms with E-state index in [1.54, 1.807) is 6.92 Å². The van der Waals surface area contributed by atoms with Crippen molar-refractivity contribution >= 4 is 11.7 Å². The largest absolute Gasteiger partial charge is 0.461 e. The van der Waals surface area contributed by atoms with E-state index < -0.39 is 5.97 Å². The van der Waals surface area contributed by atoms with Crippen molar-refractivity contribution < 1.29 is 9.53 Å². The minimum absolute atomic E-state index is 0.190. The number of nitrogens with two attached hydrogens (primary N) is 1. The summed E-state index contributed by atoms with van der Waals surface area (Å²) in [6.07, 6.45) is 1.74. The molecular weight excluding hydrogens is 182 g/mol. The Bertz CT molecular complexity index is 320. The number of aryl methyl sites for hydroxylation is 1. The van der Waals surface area contributed by atoms with Crippen LogP contribution in [-0.2, 0) is 11.2 Å². The lowest BCUT2D eigenvalue weighted by atomic mass is 10.2. The summed E-state index contributed by atoms with van der Waals surface area (Å²) in [5.41, 5.74) is 7.13. The fraction of sp³-hybridized carbons (Fsp3) is 0.556. The molecule has 0 radical (unpaired) electrons. The van der Waals surface area contributed by atoms with Gasteiger partial charge in [0.05, 0.1) is 18.0 Å². The number of esters is 1. The SMILES string of the molecule is CCCc1[nH]nc(C(=O)OCC)c1N. The van der Waals surface area contributed by atoms with Crippen molar-refractivity contribution in [3.63, 3.8) is 0 Å². The lowest BCUT2D eigenvalue weighted by Gasteiger charge is -1.99. The number of anilines is 1. The van der Waals surface area contributed by atoms with Gasteiger partial charge in [-0.15, -0.1) is 0 Å². The number of hydrogen-bond acceptors (Lipinski definition) is 4. The lowest BCUT2D eigenvalue weighted by Crippen LogP contribution is -2.08. The van der Waals surface area contributed by atoms with Gasteiger partial charge in [-0.05, 0) is 13.3 Å². The van der Waals surface area contributed by atoms with Crippen LogP contribution in [0, 0.1) is 0 Å². The first-order chi connectivity index (χ1) is 6.70. The number of carbonyl (C=O) groups is 1. The highest BCUT2D eigenvalue weighted by Gasteiger charge is 2.17. The molecular formula is C9H15N3O2.